The van der Waals surface area contributed by atoms with Crippen molar-refractivity contribution in [1.29, 1.82) is 0 Å². The first-order valence-electron chi connectivity index (χ1n) is 4.23. The molecule has 0 N–H and O–H groups in total. The summed E-state index contributed by atoms with van der Waals surface area (Å²) in [4.78, 5) is 0. The van der Waals surface area contributed by atoms with Gasteiger partial charge in [0.1, 0.15) is 0 Å². The summed E-state index contributed by atoms with van der Waals surface area (Å²) in [6.45, 7) is 0. The van der Waals surface area contributed by atoms with Gasteiger partial charge in [-0.05, 0) is 6.07 Å². The number of fused-ring (bicyclic) bond motifs is 3. The van der Waals surface area contributed by atoms with Crippen molar-refractivity contribution in [1.82, 2.24) is 0 Å². The van der Waals surface area contributed by atoms with Crippen molar-refractivity contribution in [3.8, 4) is 0 Å². The molecule has 0 bridgehead atoms. The zero-order valence-corrected chi connectivity index (χ0v) is 11.0. The minimum atomic E-state index is 0. The van der Waals surface area contributed by atoms with Crippen LogP contribution in [0.2, 0.25) is 0 Å². The third-order valence-electron chi connectivity index (χ3n) is 2.19. The van der Waals surface area contributed by atoms with Gasteiger partial charge in [-0.3, -0.25) is 0 Å². The van der Waals surface area contributed by atoms with Crippen molar-refractivity contribution in [2.75, 3.05) is 0 Å². The molecule has 0 fully saturated rings. The Labute approximate surface area is 114 Å². The molecule has 70 valence electrons. The van der Waals surface area contributed by atoms with E-state index in [-0.39, 0.29) is 40.0 Å². The summed E-state index contributed by atoms with van der Waals surface area (Å²) in [6, 6.07) is 17.0. The molecule has 1 nitrogen and oxygen atoms in total. The Morgan fingerprint density at radius 2 is 1.67 bits per heavy atom. The van der Waals surface area contributed by atoms with Crippen LogP contribution in [0.5, 0.6) is 0 Å². The van der Waals surface area contributed by atoms with Gasteiger partial charge in [-0.15, -0.1) is 24.3 Å². The Balaban J connectivity index is 0.000000562. The zero-order valence-electron chi connectivity index (χ0n) is 8.03. The molecule has 0 unspecified atom stereocenters. The SMILES string of the molecule is [Br-].[Mg+2].[c-]1cccc2oc3ccccc3c12. The molecule has 1 heterocycles. The summed E-state index contributed by atoms with van der Waals surface area (Å²) in [5.41, 5.74) is 1.84. The Kier molecular flexibility index (Phi) is 4.19. The minimum absolute atomic E-state index is 0. The van der Waals surface area contributed by atoms with E-state index in [0.717, 1.165) is 21.9 Å². The number of benzene rings is 2. The molecular weight excluding hydrogens is 264 g/mol. The molecular formula is C12H7BrMgO. The molecule has 15 heavy (non-hydrogen) atoms. The normalized spacial score (nSPS) is 9.60. The number of hydrogen-bond acceptors (Lipinski definition) is 1. The van der Waals surface area contributed by atoms with Crippen LogP contribution in [0.15, 0.2) is 46.9 Å². The molecule has 0 saturated heterocycles. The van der Waals surface area contributed by atoms with E-state index < -0.39 is 0 Å². The quantitative estimate of drug-likeness (QED) is 0.415. The number of halogens is 1. The van der Waals surface area contributed by atoms with Gasteiger partial charge in [-0.25, -0.2) is 0 Å². The molecule has 3 heteroatoms. The molecule has 0 spiro atoms. The second-order valence-corrected chi connectivity index (χ2v) is 3.01. The fourth-order valence-electron chi connectivity index (χ4n) is 1.60. The Morgan fingerprint density at radius 3 is 2.53 bits per heavy atom. The molecule has 0 aliphatic heterocycles. The molecule has 3 aromatic rings. The van der Waals surface area contributed by atoms with E-state index >= 15 is 0 Å². The van der Waals surface area contributed by atoms with Crippen LogP contribution in [-0.2, 0) is 0 Å². The molecule has 0 amide bonds. The van der Waals surface area contributed by atoms with Crippen LogP contribution in [0.1, 0.15) is 0 Å². The van der Waals surface area contributed by atoms with Crippen LogP contribution < -0.4 is 17.0 Å². The number of rotatable bonds is 0. The average molecular weight is 271 g/mol. The van der Waals surface area contributed by atoms with E-state index in [1.165, 1.54) is 0 Å². The third kappa shape index (κ3) is 2.05. The van der Waals surface area contributed by atoms with Crippen LogP contribution in [-0.4, -0.2) is 23.1 Å². The second kappa shape index (κ2) is 5.01. The van der Waals surface area contributed by atoms with Crippen molar-refractivity contribution in [3.63, 3.8) is 0 Å². The van der Waals surface area contributed by atoms with Gasteiger partial charge in [0, 0.05) is 5.58 Å². The van der Waals surface area contributed by atoms with Gasteiger partial charge in [-0.1, -0.05) is 29.0 Å². The van der Waals surface area contributed by atoms with Crippen molar-refractivity contribution >= 4 is 45.0 Å². The van der Waals surface area contributed by atoms with E-state index in [1.807, 2.05) is 36.4 Å². The van der Waals surface area contributed by atoms with Crippen molar-refractivity contribution in [3.05, 3.63) is 48.5 Å². The van der Waals surface area contributed by atoms with E-state index in [4.69, 9.17) is 4.42 Å². The molecule has 0 aliphatic carbocycles. The van der Waals surface area contributed by atoms with Crippen LogP contribution in [0.25, 0.3) is 21.9 Å². The van der Waals surface area contributed by atoms with E-state index in [0.29, 0.717) is 0 Å². The zero-order chi connectivity index (χ0) is 8.67. The standard InChI is InChI=1S/C12H7O.BrH.Mg/c1-3-7-11-9(5-1)10-6-2-4-8-12(10)13-11;;/h1-5,7-8H;1H;/q-1;;+2/p-1. The number of furan rings is 1. The fourth-order valence-corrected chi connectivity index (χ4v) is 1.60. The van der Waals surface area contributed by atoms with Gasteiger partial charge >= 0.3 is 23.1 Å². The van der Waals surface area contributed by atoms with Gasteiger partial charge in [0.15, 0.2) is 0 Å². The summed E-state index contributed by atoms with van der Waals surface area (Å²) in [5, 5.41) is 2.20. The number of para-hydroxylation sites is 1. The predicted octanol–water partition coefficient (Wildman–Crippen LogP) is 0.00939. The van der Waals surface area contributed by atoms with Gasteiger partial charge in [0.2, 0.25) is 0 Å². The molecule has 0 radical (unpaired) electrons. The van der Waals surface area contributed by atoms with Crippen LogP contribution in [0, 0.1) is 6.07 Å². The van der Waals surface area contributed by atoms with E-state index in [1.54, 1.807) is 0 Å². The summed E-state index contributed by atoms with van der Waals surface area (Å²) in [5.74, 6) is 0. The predicted molar refractivity (Wildman–Crippen MR) is 58.3 cm³/mol. The third-order valence-corrected chi connectivity index (χ3v) is 2.19. The summed E-state index contributed by atoms with van der Waals surface area (Å²) >= 11 is 0. The molecule has 1 aromatic heterocycles. The molecule has 3 rings (SSSR count). The molecule has 2 aromatic carbocycles. The van der Waals surface area contributed by atoms with Crippen LogP contribution in [0.3, 0.4) is 0 Å². The first kappa shape index (κ1) is 12.6. The van der Waals surface area contributed by atoms with Crippen LogP contribution >= 0.6 is 0 Å². The summed E-state index contributed by atoms with van der Waals surface area (Å²) < 4.78 is 5.62. The van der Waals surface area contributed by atoms with Crippen molar-refractivity contribution in [2.45, 2.75) is 0 Å². The topological polar surface area (TPSA) is 13.1 Å². The summed E-state index contributed by atoms with van der Waals surface area (Å²) in [7, 11) is 0. The smallest absolute Gasteiger partial charge is 1.00 e. The molecule has 0 saturated carbocycles. The maximum atomic E-state index is 5.62. The maximum absolute atomic E-state index is 5.62. The largest absolute Gasteiger partial charge is 2.00 e. The Hall–Kier alpha value is -0.514. The molecule has 0 aliphatic rings. The number of hydrogen-bond donors (Lipinski definition) is 0. The average Bonchev–Trinajstić information content (AvgIpc) is 2.56. The minimum Gasteiger partial charge on any atom is -1.00 e. The van der Waals surface area contributed by atoms with Crippen LogP contribution in [0.4, 0.5) is 0 Å². The van der Waals surface area contributed by atoms with Gasteiger partial charge in [-0.2, -0.15) is 0 Å². The molecule has 0 atom stereocenters. The fraction of sp³-hybridized carbons (Fsp3) is 0. The first-order valence-corrected chi connectivity index (χ1v) is 4.23. The first-order chi connectivity index (χ1) is 6.45. The van der Waals surface area contributed by atoms with Gasteiger partial charge in [0.25, 0.3) is 0 Å². The monoisotopic (exact) mass is 270 g/mol. The van der Waals surface area contributed by atoms with E-state index in [9.17, 15) is 0 Å². The maximum Gasteiger partial charge on any atom is 2.00 e. The van der Waals surface area contributed by atoms with Gasteiger partial charge < -0.3 is 21.4 Å². The van der Waals surface area contributed by atoms with Crippen molar-refractivity contribution in [2.24, 2.45) is 0 Å². The Morgan fingerprint density at radius 1 is 0.933 bits per heavy atom. The Bertz CT molecular complexity index is 523. The van der Waals surface area contributed by atoms with Gasteiger partial charge in [0.05, 0.1) is 5.58 Å². The second-order valence-electron chi connectivity index (χ2n) is 3.01. The van der Waals surface area contributed by atoms with E-state index in [2.05, 4.69) is 12.1 Å². The summed E-state index contributed by atoms with van der Waals surface area (Å²) in [6.07, 6.45) is 0. The van der Waals surface area contributed by atoms with Crippen molar-refractivity contribution < 1.29 is 21.4 Å².